The third-order valence-electron chi connectivity index (χ3n) is 2.49. The van der Waals surface area contributed by atoms with Gasteiger partial charge in [-0.05, 0) is 13.0 Å². The first-order chi connectivity index (χ1) is 10.9. The number of anilines is 1. The predicted octanol–water partition coefficient (Wildman–Crippen LogP) is 3.82. The van der Waals surface area contributed by atoms with Gasteiger partial charge in [0.15, 0.2) is 0 Å². The minimum Gasteiger partial charge on any atom is -0.480 e. The van der Waals surface area contributed by atoms with Gasteiger partial charge >= 0.3 is 24.5 Å². The van der Waals surface area contributed by atoms with Gasteiger partial charge < -0.3 is 20.5 Å². The van der Waals surface area contributed by atoms with Crippen molar-refractivity contribution < 1.29 is 37.0 Å². The van der Waals surface area contributed by atoms with Crippen molar-refractivity contribution in [2.24, 2.45) is 0 Å². The molecule has 0 unspecified atom stereocenters. The fourth-order valence-corrected chi connectivity index (χ4v) is 1.78. The molecule has 1 aromatic carbocycles. The molecular weight excluding hydrogens is 383 g/mol. The Labute approximate surface area is 142 Å². The molecule has 0 radical (unpaired) electrons. The van der Waals surface area contributed by atoms with Crippen molar-refractivity contribution in [3.63, 3.8) is 0 Å². The fraction of sp³-hybridized carbons (Fsp3) is 0.333. The van der Waals surface area contributed by atoms with Crippen LogP contribution in [-0.4, -0.2) is 35.7 Å². The Balaban J connectivity index is 2.99. The summed E-state index contributed by atoms with van der Waals surface area (Å²) >= 11 is 11.3. The van der Waals surface area contributed by atoms with E-state index in [1.807, 2.05) is 5.32 Å². The number of nitrogens with one attached hydrogen (secondary N) is 2. The molecule has 0 aliphatic heterocycles. The van der Waals surface area contributed by atoms with Gasteiger partial charge in [0.25, 0.3) is 0 Å². The Bertz CT molecular complexity index is 646. The summed E-state index contributed by atoms with van der Waals surface area (Å²) in [5, 5.41) is 12.0. The van der Waals surface area contributed by atoms with E-state index in [-0.39, 0.29) is 10.7 Å². The first kappa shape index (κ1) is 20.1. The highest BCUT2D eigenvalue weighted by Gasteiger charge is 2.44. The van der Waals surface area contributed by atoms with E-state index in [0.29, 0.717) is 6.07 Å². The first-order valence-electron chi connectivity index (χ1n) is 6.08. The Morgan fingerprint density at radius 3 is 2.33 bits per heavy atom. The standard InChI is InChI=1S/C12H10Cl2F4N2O4/c1-4(9(21)22)19-11(23)20-7-3-8(6(14)2-5(7)13)24-12(17,18)10(15)16/h2-4,10H,1H3,(H,21,22)(H2,19,20,23)/t4-/m0/s1. The van der Waals surface area contributed by atoms with E-state index in [0.717, 1.165) is 6.07 Å². The number of aliphatic carboxylic acids is 1. The second kappa shape index (κ2) is 7.75. The van der Waals surface area contributed by atoms with Crippen LogP contribution in [0, 0.1) is 0 Å². The molecule has 1 rings (SSSR count). The van der Waals surface area contributed by atoms with Crippen molar-refractivity contribution in [1.29, 1.82) is 0 Å². The highest BCUT2D eigenvalue weighted by molar-refractivity contribution is 6.37. The summed E-state index contributed by atoms with van der Waals surface area (Å²) in [6.07, 6.45) is -8.92. The highest BCUT2D eigenvalue weighted by Crippen LogP contribution is 2.38. The molecule has 0 spiro atoms. The van der Waals surface area contributed by atoms with E-state index >= 15 is 0 Å². The predicted molar refractivity (Wildman–Crippen MR) is 77.3 cm³/mol. The lowest BCUT2D eigenvalue weighted by atomic mass is 10.3. The van der Waals surface area contributed by atoms with Crippen molar-refractivity contribution in [1.82, 2.24) is 5.32 Å². The third kappa shape index (κ3) is 5.31. The average molecular weight is 393 g/mol. The molecule has 0 aromatic heterocycles. The summed E-state index contributed by atoms with van der Waals surface area (Å²) in [5.74, 6) is -2.18. The van der Waals surface area contributed by atoms with Crippen molar-refractivity contribution in [2.45, 2.75) is 25.5 Å². The van der Waals surface area contributed by atoms with Gasteiger partial charge in [0.1, 0.15) is 11.8 Å². The molecule has 12 heteroatoms. The molecule has 0 aliphatic carbocycles. The van der Waals surface area contributed by atoms with Crippen LogP contribution in [0.25, 0.3) is 0 Å². The number of amides is 2. The maximum atomic E-state index is 12.9. The van der Waals surface area contributed by atoms with E-state index in [1.54, 1.807) is 0 Å². The molecule has 24 heavy (non-hydrogen) atoms. The molecule has 1 atom stereocenters. The number of alkyl halides is 4. The van der Waals surface area contributed by atoms with Crippen molar-refractivity contribution >= 4 is 40.9 Å². The maximum absolute atomic E-state index is 12.9. The van der Waals surface area contributed by atoms with Crippen LogP contribution < -0.4 is 15.4 Å². The summed E-state index contributed by atoms with van der Waals surface area (Å²) in [7, 11) is 0. The van der Waals surface area contributed by atoms with Gasteiger partial charge in [0.05, 0.1) is 15.7 Å². The Kier molecular flexibility index (Phi) is 6.50. The summed E-state index contributed by atoms with van der Waals surface area (Å²) in [5.41, 5.74) is -0.309. The molecule has 2 amide bonds. The number of carboxylic acid groups (broad SMARTS) is 1. The Morgan fingerprint density at radius 2 is 1.83 bits per heavy atom. The van der Waals surface area contributed by atoms with Crippen molar-refractivity contribution in [3.8, 4) is 5.75 Å². The molecule has 0 saturated heterocycles. The van der Waals surface area contributed by atoms with Gasteiger partial charge in [-0.25, -0.2) is 4.79 Å². The molecule has 0 aliphatic rings. The van der Waals surface area contributed by atoms with E-state index in [4.69, 9.17) is 28.3 Å². The molecule has 0 bridgehead atoms. The highest BCUT2D eigenvalue weighted by atomic mass is 35.5. The van der Waals surface area contributed by atoms with Crippen molar-refractivity contribution in [2.75, 3.05) is 5.32 Å². The monoisotopic (exact) mass is 392 g/mol. The van der Waals surface area contributed by atoms with Gasteiger partial charge in [-0.15, -0.1) is 0 Å². The minimum atomic E-state index is -4.81. The number of carboxylic acids is 1. The molecular formula is C12H10Cl2F4N2O4. The largest absolute Gasteiger partial charge is 0.480 e. The van der Waals surface area contributed by atoms with Crippen LogP contribution in [0.3, 0.4) is 0 Å². The van der Waals surface area contributed by atoms with E-state index in [9.17, 15) is 27.2 Å². The molecule has 1 aromatic rings. The number of hydrogen-bond donors (Lipinski definition) is 3. The van der Waals surface area contributed by atoms with Crippen LogP contribution >= 0.6 is 23.2 Å². The quantitative estimate of drug-likeness (QED) is 0.642. The SMILES string of the molecule is C[C@H](NC(=O)Nc1cc(OC(F)(F)C(F)F)c(Cl)cc1Cl)C(=O)O. The van der Waals surface area contributed by atoms with Gasteiger partial charge in [-0.2, -0.15) is 17.6 Å². The van der Waals surface area contributed by atoms with Crippen LogP contribution in [0.4, 0.5) is 28.0 Å². The van der Waals surface area contributed by atoms with Gasteiger partial charge in [-0.3, -0.25) is 4.79 Å². The molecule has 134 valence electrons. The fourth-order valence-electron chi connectivity index (χ4n) is 1.31. The lowest BCUT2D eigenvalue weighted by Gasteiger charge is -2.19. The summed E-state index contributed by atoms with van der Waals surface area (Å²) in [6, 6.07) is -0.696. The number of carbonyl (C=O) groups is 2. The molecule has 3 N–H and O–H groups in total. The third-order valence-corrected chi connectivity index (χ3v) is 3.10. The van der Waals surface area contributed by atoms with Crippen LogP contribution in [0.5, 0.6) is 5.75 Å². The Hall–Kier alpha value is -1.94. The molecule has 0 saturated carbocycles. The number of halogens is 6. The normalized spacial score (nSPS) is 12.7. The second-order valence-corrected chi connectivity index (χ2v) is 5.20. The number of rotatable bonds is 6. The maximum Gasteiger partial charge on any atom is 0.461 e. The van der Waals surface area contributed by atoms with Gasteiger partial charge in [0.2, 0.25) is 0 Å². The Morgan fingerprint density at radius 1 is 1.25 bits per heavy atom. The molecule has 0 heterocycles. The molecule has 0 fully saturated rings. The van der Waals surface area contributed by atoms with Crippen LogP contribution in [0.2, 0.25) is 10.0 Å². The van der Waals surface area contributed by atoms with Crippen molar-refractivity contribution in [3.05, 3.63) is 22.2 Å². The smallest absolute Gasteiger partial charge is 0.461 e. The zero-order valence-electron chi connectivity index (χ0n) is 11.7. The van der Waals surface area contributed by atoms with E-state index in [2.05, 4.69) is 10.1 Å². The van der Waals surface area contributed by atoms with Crippen LogP contribution in [0.15, 0.2) is 12.1 Å². The minimum absolute atomic E-state index is 0.217. The van der Waals surface area contributed by atoms with Gasteiger partial charge in [0, 0.05) is 6.07 Å². The lowest BCUT2D eigenvalue weighted by Crippen LogP contribution is -2.40. The summed E-state index contributed by atoms with van der Waals surface area (Å²) in [4.78, 5) is 22.2. The zero-order chi connectivity index (χ0) is 18.7. The number of ether oxygens (including phenoxy) is 1. The average Bonchev–Trinajstić information content (AvgIpc) is 2.43. The van der Waals surface area contributed by atoms with E-state index < -0.39 is 41.3 Å². The number of carbonyl (C=O) groups excluding carboxylic acids is 1. The number of benzene rings is 1. The summed E-state index contributed by atoms with van der Waals surface area (Å²) in [6.45, 7) is 1.17. The van der Waals surface area contributed by atoms with E-state index in [1.165, 1.54) is 6.92 Å². The van der Waals surface area contributed by atoms with Gasteiger partial charge in [-0.1, -0.05) is 23.2 Å². The second-order valence-electron chi connectivity index (χ2n) is 4.39. The van der Waals surface area contributed by atoms with Crippen LogP contribution in [-0.2, 0) is 4.79 Å². The van der Waals surface area contributed by atoms with Crippen LogP contribution in [0.1, 0.15) is 6.92 Å². The zero-order valence-corrected chi connectivity index (χ0v) is 13.3. The number of urea groups is 1. The molecule has 6 nitrogen and oxygen atoms in total. The lowest BCUT2D eigenvalue weighted by molar-refractivity contribution is -0.253. The summed E-state index contributed by atoms with van der Waals surface area (Å²) < 4.78 is 54.0. The topological polar surface area (TPSA) is 87.7 Å². The number of hydrogen-bond acceptors (Lipinski definition) is 3. The first-order valence-corrected chi connectivity index (χ1v) is 6.84.